The van der Waals surface area contributed by atoms with Gasteiger partial charge in [-0.25, -0.2) is 4.39 Å². The number of nitrogens with one attached hydrogen (secondary N) is 1. The Morgan fingerprint density at radius 1 is 0.963 bits per heavy atom. The molecule has 5 heteroatoms. The van der Waals surface area contributed by atoms with E-state index in [1.54, 1.807) is 24.0 Å². The summed E-state index contributed by atoms with van der Waals surface area (Å²) in [5, 5.41) is 2.86. The summed E-state index contributed by atoms with van der Waals surface area (Å²) in [7, 11) is 0. The van der Waals surface area contributed by atoms with E-state index in [1.807, 2.05) is 44.2 Å². The molecule has 0 aliphatic rings. The standard InChI is InChI=1S/C22H27FN2O2/c1-16(2)24-22(27)17(3)25(14-13-18-7-5-4-6-8-18)21(26)15-19-9-11-20(23)12-10-19/h4-12,16-17H,13-15H2,1-3H3,(H,24,27)/t17-/m1/s1. The molecule has 0 aromatic heterocycles. The van der Waals surface area contributed by atoms with Gasteiger partial charge in [-0.1, -0.05) is 42.5 Å². The van der Waals surface area contributed by atoms with Crippen molar-refractivity contribution in [2.24, 2.45) is 0 Å². The van der Waals surface area contributed by atoms with Crippen molar-refractivity contribution < 1.29 is 14.0 Å². The van der Waals surface area contributed by atoms with Gasteiger partial charge >= 0.3 is 0 Å². The van der Waals surface area contributed by atoms with Crippen molar-refractivity contribution in [3.63, 3.8) is 0 Å². The Kier molecular flexibility index (Phi) is 7.53. The molecule has 0 unspecified atom stereocenters. The van der Waals surface area contributed by atoms with Gasteiger partial charge in [-0.15, -0.1) is 0 Å². The molecule has 4 nitrogen and oxygen atoms in total. The second-order valence-electron chi connectivity index (χ2n) is 6.97. The molecule has 2 aromatic carbocycles. The normalized spacial score (nSPS) is 11.9. The van der Waals surface area contributed by atoms with Crippen molar-refractivity contribution in [1.82, 2.24) is 10.2 Å². The van der Waals surface area contributed by atoms with E-state index in [-0.39, 0.29) is 30.1 Å². The minimum absolute atomic E-state index is 0.00289. The van der Waals surface area contributed by atoms with Crippen molar-refractivity contribution in [3.8, 4) is 0 Å². The van der Waals surface area contributed by atoms with E-state index in [2.05, 4.69) is 5.32 Å². The summed E-state index contributed by atoms with van der Waals surface area (Å²) in [4.78, 5) is 27.0. The van der Waals surface area contributed by atoms with Crippen LogP contribution in [0.15, 0.2) is 54.6 Å². The summed E-state index contributed by atoms with van der Waals surface area (Å²) >= 11 is 0. The van der Waals surface area contributed by atoms with Crippen molar-refractivity contribution in [1.29, 1.82) is 0 Å². The molecular weight excluding hydrogens is 343 g/mol. The van der Waals surface area contributed by atoms with Crippen molar-refractivity contribution in [3.05, 3.63) is 71.5 Å². The SMILES string of the molecule is CC(C)NC(=O)[C@@H](C)N(CCc1ccccc1)C(=O)Cc1ccc(F)cc1. The maximum Gasteiger partial charge on any atom is 0.242 e. The fraction of sp³-hybridized carbons (Fsp3) is 0.364. The average molecular weight is 370 g/mol. The van der Waals surface area contributed by atoms with Gasteiger partial charge in [0.05, 0.1) is 6.42 Å². The molecule has 1 N–H and O–H groups in total. The predicted molar refractivity (Wildman–Crippen MR) is 105 cm³/mol. The Morgan fingerprint density at radius 2 is 1.59 bits per heavy atom. The molecular formula is C22H27FN2O2. The molecule has 0 heterocycles. The molecule has 0 radical (unpaired) electrons. The van der Waals surface area contributed by atoms with Crippen LogP contribution in [0.2, 0.25) is 0 Å². The van der Waals surface area contributed by atoms with Crippen molar-refractivity contribution in [2.75, 3.05) is 6.54 Å². The molecule has 0 bridgehead atoms. The Labute approximate surface area is 160 Å². The van der Waals surface area contributed by atoms with Gasteiger partial charge in [-0.05, 0) is 50.5 Å². The summed E-state index contributed by atoms with van der Waals surface area (Å²) in [6, 6.07) is 15.2. The number of rotatable bonds is 8. The molecule has 0 saturated heterocycles. The number of benzene rings is 2. The van der Waals surface area contributed by atoms with Gasteiger partial charge in [0.1, 0.15) is 11.9 Å². The number of halogens is 1. The smallest absolute Gasteiger partial charge is 0.242 e. The minimum Gasteiger partial charge on any atom is -0.352 e. The molecule has 27 heavy (non-hydrogen) atoms. The van der Waals surface area contributed by atoms with Crippen LogP contribution in [0.25, 0.3) is 0 Å². The zero-order valence-electron chi connectivity index (χ0n) is 16.1. The average Bonchev–Trinajstić information content (AvgIpc) is 2.64. The third-order valence-electron chi connectivity index (χ3n) is 4.35. The number of carbonyl (C=O) groups is 2. The molecule has 1 atom stereocenters. The van der Waals surface area contributed by atoms with Gasteiger partial charge in [-0.3, -0.25) is 9.59 Å². The number of hydrogen-bond acceptors (Lipinski definition) is 2. The molecule has 0 aliphatic carbocycles. The minimum atomic E-state index is -0.580. The fourth-order valence-electron chi connectivity index (χ4n) is 2.85. The van der Waals surface area contributed by atoms with Gasteiger partial charge in [0.2, 0.25) is 11.8 Å². The monoisotopic (exact) mass is 370 g/mol. The number of carbonyl (C=O) groups excluding carboxylic acids is 2. The lowest BCUT2D eigenvalue weighted by molar-refractivity contribution is -0.139. The lowest BCUT2D eigenvalue weighted by Crippen LogP contribution is -2.50. The van der Waals surface area contributed by atoms with Crippen molar-refractivity contribution >= 4 is 11.8 Å². The van der Waals surface area contributed by atoms with Crippen LogP contribution in [0.1, 0.15) is 31.9 Å². The topological polar surface area (TPSA) is 49.4 Å². The fourth-order valence-corrected chi connectivity index (χ4v) is 2.85. The predicted octanol–water partition coefficient (Wildman–Crippen LogP) is 3.35. The Bertz CT molecular complexity index is 745. The first kappa shape index (κ1) is 20.6. The summed E-state index contributed by atoms with van der Waals surface area (Å²) in [6.45, 7) is 5.96. The Hall–Kier alpha value is -2.69. The first-order valence-electron chi connectivity index (χ1n) is 9.25. The van der Waals surface area contributed by atoms with Crippen LogP contribution in [0.4, 0.5) is 4.39 Å². The highest BCUT2D eigenvalue weighted by Crippen LogP contribution is 2.11. The molecule has 2 rings (SSSR count). The van der Waals surface area contributed by atoms with Crippen LogP contribution in [0.3, 0.4) is 0 Å². The zero-order chi connectivity index (χ0) is 19.8. The van der Waals surface area contributed by atoms with Gasteiger partial charge in [0.25, 0.3) is 0 Å². The number of hydrogen-bond donors (Lipinski definition) is 1. The molecule has 2 aromatic rings. The summed E-state index contributed by atoms with van der Waals surface area (Å²) in [5.41, 5.74) is 1.83. The van der Waals surface area contributed by atoms with Crippen LogP contribution >= 0.6 is 0 Å². The lowest BCUT2D eigenvalue weighted by Gasteiger charge is -2.29. The van der Waals surface area contributed by atoms with Crippen LogP contribution in [0, 0.1) is 5.82 Å². The van der Waals surface area contributed by atoms with Crippen LogP contribution in [0.5, 0.6) is 0 Å². The van der Waals surface area contributed by atoms with E-state index < -0.39 is 6.04 Å². The number of nitrogens with zero attached hydrogens (tertiary/aromatic N) is 1. The van der Waals surface area contributed by atoms with E-state index in [9.17, 15) is 14.0 Å². The van der Waals surface area contributed by atoms with E-state index in [1.165, 1.54) is 12.1 Å². The van der Waals surface area contributed by atoms with E-state index in [0.29, 0.717) is 13.0 Å². The van der Waals surface area contributed by atoms with Crippen LogP contribution < -0.4 is 5.32 Å². The van der Waals surface area contributed by atoms with Gasteiger partial charge in [0.15, 0.2) is 0 Å². The Balaban J connectivity index is 2.12. The molecule has 144 valence electrons. The highest BCUT2D eigenvalue weighted by molar-refractivity contribution is 5.88. The highest BCUT2D eigenvalue weighted by Gasteiger charge is 2.26. The third-order valence-corrected chi connectivity index (χ3v) is 4.35. The molecule has 0 aliphatic heterocycles. The van der Waals surface area contributed by atoms with E-state index >= 15 is 0 Å². The van der Waals surface area contributed by atoms with Crippen LogP contribution in [-0.4, -0.2) is 35.3 Å². The molecule has 0 fully saturated rings. The second-order valence-corrected chi connectivity index (χ2v) is 6.97. The lowest BCUT2D eigenvalue weighted by atomic mass is 10.1. The van der Waals surface area contributed by atoms with Crippen molar-refractivity contribution in [2.45, 2.75) is 45.7 Å². The quantitative estimate of drug-likeness (QED) is 0.775. The molecule has 0 saturated carbocycles. The van der Waals surface area contributed by atoms with Gasteiger partial charge < -0.3 is 10.2 Å². The van der Waals surface area contributed by atoms with Gasteiger partial charge in [-0.2, -0.15) is 0 Å². The first-order chi connectivity index (χ1) is 12.9. The van der Waals surface area contributed by atoms with E-state index in [4.69, 9.17) is 0 Å². The molecule has 0 spiro atoms. The zero-order valence-corrected chi connectivity index (χ0v) is 16.1. The first-order valence-corrected chi connectivity index (χ1v) is 9.25. The summed E-state index contributed by atoms with van der Waals surface area (Å²) < 4.78 is 13.1. The summed E-state index contributed by atoms with van der Waals surface area (Å²) in [6.07, 6.45) is 0.795. The maximum absolute atomic E-state index is 13.1. The number of amides is 2. The van der Waals surface area contributed by atoms with Gasteiger partial charge in [0, 0.05) is 12.6 Å². The highest BCUT2D eigenvalue weighted by atomic mass is 19.1. The Morgan fingerprint density at radius 3 is 2.19 bits per heavy atom. The summed E-state index contributed by atoms with van der Waals surface area (Å²) in [5.74, 6) is -0.661. The van der Waals surface area contributed by atoms with E-state index in [0.717, 1.165) is 11.1 Å². The maximum atomic E-state index is 13.1. The largest absolute Gasteiger partial charge is 0.352 e. The third kappa shape index (κ3) is 6.51. The van der Waals surface area contributed by atoms with Crippen LogP contribution in [-0.2, 0) is 22.4 Å². The second kappa shape index (κ2) is 9.86. The molecule has 2 amide bonds.